The largest absolute Gasteiger partial charge is 0.344 e. The van der Waals surface area contributed by atoms with Crippen molar-refractivity contribution in [1.82, 2.24) is 14.5 Å². The summed E-state index contributed by atoms with van der Waals surface area (Å²) < 4.78 is 25.8. The van der Waals surface area contributed by atoms with Crippen LogP contribution < -0.4 is 0 Å². The van der Waals surface area contributed by atoms with Crippen LogP contribution >= 0.6 is 23.1 Å². The van der Waals surface area contributed by atoms with E-state index in [1.807, 2.05) is 31.4 Å². The van der Waals surface area contributed by atoms with E-state index in [0.29, 0.717) is 17.8 Å². The van der Waals surface area contributed by atoms with Gasteiger partial charge in [0.05, 0.1) is 17.3 Å². The molecule has 0 bridgehead atoms. The summed E-state index contributed by atoms with van der Waals surface area (Å²) in [6.07, 6.45) is 0.607. The molecular formula is C21H25N3O3S3. The Morgan fingerprint density at radius 3 is 2.63 bits per heavy atom. The number of rotatable bonds is 5. The minimum atomic E-state index is -2.98. The van der Waals surface area contributed by atoms with Gasteiger partial charge in [0.15, 0.2) is 15.6 Å². The summed E-state index contributed by atoms with van der Waals surface area (Å²) in [5.41, 5.74) is 3.63. The summed E-state index contributed by atoms with van der Waals surface area (Å²) >= 11 is 3.11. The highest BCUT2D eigenvalue weighted by atomic mass is 32.2. The fourth-order valence-electron chi connectivity index (χ4n) is 4.23. The summed E-state index contributed by atoms with van der Waals surface area (Å²) in [5.74, 6) is 1.40. The summed E-state index contributed by atoms with van der Waals surface area (Å²) in [5, 5.41) is 1.89. The van der Waals surface area contributed by atoms with Gasteiger partial charge in [0.2, 0.25) is 0 Å². The molecule has 0 radical (unpaired) electrons. The zero-order chi connectivity index (χ0) is 21.8. The lowest BCUT2D eigenvalue weighted by Crippen LogP contribution is -2.14. The molecule has 1 aliphatic rings. The molecule has 30 heavy (non-hydrogen) atoms. The number of carbonyl (C=O) groups excluding carboxylic acids is 1. The molecule has 0 unspecified atom stereocenters. The van der Waals surface area contributed by atoms with E-state index < -0.39 is 9.84 Å². The third-order valence-corrected chi connectivity index (χ3v) is 9.63. The van der Waals surface area contributed by atoms with E-state index >= 15 is 0 Å². The number of thiophene rings is 1. The lowest BCUT2D eigenvalue weighted by atomic mass is 10.2. The Kier molecular flexibility index (Phi) is 5.57. The molecule has 3 aromatic rings. The highest BCUT2D eigenvalue weighted by Gasteiger charge is 2.31. The third-order valence-electron chi connectivity index (χ3n) is 5.81. The number of nitrogens with zero attached hydrogens (tertiary/aromatic N) is 3. The lowest BCUT2D eigenvalue weighted by molar-refractivity contribution is 0.102. The second-order valence-electron chi connectivity index (χ2n) is 7.96. The zero-order valence-electron chi connectivity index (χ0n) is 17.8. The average molecular weight is 464 g/mol. The maximum atomic E-state index is 13.1. The van der Waals surface area contributed by atoms with Crippen LogP contribution in [0.15, 0.2) is 11.1 Å². The number of aryl methyl sites for hydroxylation is 4. The maximum absolute atomic E-state index is 13.1. The number of aromatic nitrogens is 3. The minimum absolute atomic E-state index is 0.0363. The van der Waals surface area contributed by atoms with Crippen LogP contribution in [0.4, 0.5) is 0 Å². The first-order valence-corrected chi connectivity index (χ1v) is 13.5. The van der Waals surface area contributed by atoms with E-state index in [4.69, 9.17) is 0 Å². The minimum Gasteiger partial charge on any atom is -0.344 e. The monoisotopic (exact) mass is 463 g/mol. The van der Waals surface area contributed by atoms with Crippen LogP contribution in [0.5, 0.6) is 0 Å². The standard InChI is InChI=1S/C21H25N3O3S3/c1-11-8-17(13(3)24(11)16-6-7-30(26,27)10-16)18(25)9-28-20-19-12(2)14(4)29-21(19)23-15(5)22-20/h8,16H,6-7,9-10H2,1-5H3/t16-/m1/s1. The van der Waals surface area contributed by atoms with Crippen LogP contribution in [0.3, 0.4) is 0 Å². The molecular weight excluding hydrogens is 438 g/mol. The predicted octanol–water partition coefficient (Wildman–Crippen LogP) is 4.37. The first-order chi connectivity index (χ1) is 14.1. The predicted molar refractivity (Wildman–Crippen MR) is 123 cm³/mol. The number of hydrogen-bond acceptors (Lipinski definition) is 7. The number of hydrogen-bond donors (Lipinski definition) is 0. The fourth-order valence-corrected chi connectivity index (χ4v) is 8.08. The van der Waals surface area contributed by atoms with Crippen LogP contribution in [0.1, 0.15) is 50.5 Å². The highest BCUT2D eigenvalue weighted by Crippen LogP contribution is 2.36. The topological polar surface area (TPSA) is 81.9 Å². The average Bonchev–Trinajstić information content (AvgIpc) is 3.26. The van der Waals surface area contributed by atoms with Gasteiger partial charge in [0.25, 0.3) is 0 Å². The Morgan fingerprint density at radius 2 is 1.97 bits per heavy atom. The molecule has 1 fully saturated rings. The van der Waals surface area contributed by atoms with E-state index in [0.717, 1.165) is 26.6 Å². The molecule has 6 nitrogen and oxygen atoms in total. The Labute approximate surface area is 185 Å². The zero-order valence-corrected chi connectivity index (χ0v) is 20.2. The molecule has 0 amide bonds. The molecule has 160 valence electrons. The Morgan fingerprint density at radius 1 is 1.23 bits per heavy atom. The van der Waals surface area contributed by atoms with Crippen molar-refractivity contribution in [3.63, 3.8) is 0 Å². The van der Waals surface area contributed by atoms with Crippen LogP contribution in [0, 0.1) is 34.6 Å². The van der Waals surface area contributed by atoms with Crippen molar-refractivity contribution in [3.05, 3.63) is 39.3 Å². The fraction of sp³-hybridized carbons (Fsp3) is 0.476. The number of Topliss-reactive ketones (excluding diaryl/α,β-unsaturated/α-hetero) is 1. The highest BCUT2D eigenvalue weighted by molar-refractivity contribution is 8.00. The van der Waals surface area contributed by atoms with Gasteiger partial charge in [-0.05, 0) is 52.7 Å². The van der Waals surface area contributed by atoms with Gasteiger partial charge in [-0.1, -0.05) is 11.8 Å². The van der Waals surface area contributed by atoms with E-state index in [1.165, 1.54) is 22.2 Å². The Balaban J connectivity index is 1.59. The second-order valence-corrected chi connectivity index (χ2v) is 12.4. The van der Waals surface area contributed by atoms with Gasteiger partial charge in [0, 0.05) is 33.3 Å². The van der Waals surface area contributed by atoms with Gasteiger partial charge < -0.3 is 4.57 Å². The van der Waals surface area contributed by atoms with Gasteiger partial charge in [-0.15, -0.1) is 11.3 Å². The van der Waals surface area contributed by atoms with Crippen molar-refractivity contribution >= 4 is 48.9 Å². The molecule has 0 aliphatic carbocycles. The van der Waals surface area contributed by atoms with Crippen molar-refractivity contribution in [3.8, 4) is 0 Å². The number of thioether (sulfide) groups is 1. The van der Waals surface area contributed by atoms with E-state index in [-0.39, 0.29) is 29.1 Å². The van der Waals surface area contributed by atoms with E-state index in [1.54, 1.807) is 11.3 Å². The molecule has 0 N–H and O–H groups in total. The molecule has 0 saturated carbocycles. The normalized spacial score (nSPS) is 18.4. The van der Waals surface area contributed by atoms with Crippen molar-refractivity contribution in [2.45, 2.75) is 52.1 Å². The van der Waals surface area contributed by atoms with Gasteiger partial charge in [0.1, 0.15) is 15.7 Å². The Hall–Kier alpha value is -1.71. The molecule has 9 heteroatoms. The third kappa shape index (κ3) is 3.83. The number of fused-ring (bicyclic) bond motifs is 1. The molecule has 4 rings (SSSR count). The lowest BCUT2D eigenvalue weighted by Gasteiger charge is -2.16. The van der Waals surface area contributed by atoms with Gasteiger partial charge >= 0.3 is 0 Å². The smallest absolute Gasteiger partial charge is 0.174 e. The second kappa shape index (κ2) is 7.76. The summed E-state index contributed by atoms with van der Waals surface area (Å²) in [6.45, 7) is 9.88. The van der Waals surface area contributed by atoms with Crippen molar-refractivity contribution < 1.29 is 13.2 Å². The molecule has 1 atom stereocenters. The van der Waals surface area contributed by atoms with Crippen molar-refractivity contribution in [2.24, 2.45) is 0 Å². The van der Waals surface area contributed by atoms with Crippen LogP contribution in [0.2, 0.25) is 0 Å². The quantitative estimate of drug-likeness (QED) is 0.317. The maximum Gasteiger partial charge on any atom is 0.174 e. The van der Waals surface area contributed by atoms with Crippen molar-refractivity contribution in [2.75, 3.05) is 17.3 Å². The van der Waals surface area contributed by atoms with Crippen LogP contribution in [-0.2, 0) is 9.84 Å². The van der Waals surface area contributed by atoms with Crippen LogP contribution in [-0.4, -0.2) is 46.0 Å². The number of ketones is 1. The van der Waals surface area contributed by atoms with Gasteiger partial charge in [-0.2, -0.15) is 0 Å². The van der Waals surface area contributed by atoms with Gasteiger partial charge in [-0.3, -0.25) is 4.79 Å². The molecule has 0 spiro atoms. The summed E-state index contributed by atoms with van der Waals surface area (Å²) in [7, 11) is -2.98. The molecule has 0 aromatic carbocycles. The summed E-state index contributed by atoms with van der Waals surface area (Å²) in [4.78, 5) is 24.4. The van der Waals surface area contributed by atoms with Crippen LogP contribution in [0.25, 0.3) is 10.2 Å². The van der Waals surface area contributed by atoms with Crippen molar-refractivity contribution in [1.29, 1.82) is 0 Å². The number of carbonyl (C=O) groups is 1. The summed E-state index contributed by atoms with van der Waals surface area (Å²) in [6, 6.07) is 1.81. The van der Waals surface area contributed by atoms with E-state index in [9.17, 15) is 13.2 Å². The first-order valence-electron chi connectivity index (χ1n) is 9.86. The Bertz CT molecular complexity index is 1270. The SMILES string of the molecule is Cc1nc(SCC(=O)c2cc(C)n([C@@H]3CCS(=O)(=O)C3)c2C)c2c(C)c(C)sc2n1. The molecule has 4 heterocycles. The number of sulfone groups is 1. The first kappa shape index (κ1) is 21.5. The molecule has 1 saturated heterocycles. The molecule has 3 aromatic heterocycles. The molecule has 1 aliphatic heterocycles. The van der Waals surface area contributed by atoms with E-state index in [2.05, 4.69) is 23.8 Å². The van der Waals surface area contributed by atoms with Gasteiger partial charge in [-0.25, -0.2) is 18.4 Å².